The topological polar surface area (TPSA) is 53.4 Å². The molecule has 1 aliphatic rings. The van der Waals surface area contributed by atoms with Crippen LogP contribution in [0.1, 0.15) is 36.2 Å². The van der Waals surface area contributed by atoms with Crippen molar-refractivity contribution in [1.82, 2.24) is 9.55 Å². The van der Waals surface area contributed by atoms with Crippen molar-refractivity contribution in [3.05, 3.63) is 59.7 Å². The van der Waals surface area contributed by atoms with E-state index in [9.17, 15) is 4.79 Å². The van der Waals surface area contributed by atoms with Crippen molar-refractivity contribution in [3.8, 4) is 5.75 Å². The Bertz CT molecular complexity index is 788. The van der Waals surface area contributed by atoms with E-state index in [2.05, 4.69) is 33.4 Å². The zero-order chi connectivity index (χ0) is 17.6. The summed E-state index contributed by atoms with van der Waals surface area (Å²) in [7, 11) is 1.36. The van der Waals surface area contributed by atoms with Gasteiger partial charge in [0.15, 0.2) is 0 Å². The predicted octanol–water partition coefficient (Wildman–Crippen LogP) is 3.67. The number of aromatic nitrogens is 2. The number of benzene rings is 1. The van der Waals surface area contributed by atoms with E-state index < -0.39 is 0 Å². The normalized spacial score (nSPS) is 16.0. The van der Waals surface area contributed by atoms with Crippen LogP contribution in [0, 0.1) is 0 Å². The van der Waals surface area contributed by atoms with E-state index in [-0.39, 0.29) is 5.97 Å². The van der Waals surface area contributed by atoms with Gasteiger partial charge in [-0.2, -0.15) is 0 Å². The molecule has 1 heterocycles. The molecule has 0 N–H and O–H groups in total. The summed E-state index contributed by atoms with van der Waals surface area (Å²) in [5.74, 6) is 0.925. The molecule has 1 aliphatic carbocycles. The average molecular weight is 338 g/mol. The van der Waals surface area contributed by atoms with Crippen molar-refractivity contribution >= 4 is 18.1 Å². The third kappa shape index (κ3) is 4.18. The summed E-state index contributed by atoms with van der Waals surface area (Å²) < 4.78 is 12.6. The lowest BCUT2D eigenvalue weighted by Gasteiger charge is -2.17. The fourth-order valence-electron chi connectivity index (χ4n) is 2.91. The largest absolute Gasteiger partial charge is 0.492 e. The minimum atomic E-state index is -0.368. The van der Waals surface area contributed by atoms with Crippen molar-refractivity contribution in [3.63, 3.8) is 0 Å². The fraction of sp³-hybridized carbons (Fsp3) is 0.300. The van der Waals surface area contributed by atoms with Crippen molar-refractivity contribution < 1.29 is 14.3 Å². The van der Waals surface area contributed by atoms with Crippen LogP contribution in [0.4, 0.5) is 0 Å². The highest BCUT2D eigenvalue weighted by atomic mass is 16.5. The van der Waals surface area contributed by atoms with Crippen molar-refractivity contribution in [2.75, 3.05) is 13.7 Å². The fourth-order valence-corrected chi connectivity index (χ4v) is 2.91. The van der Waals surface area contributed by atoms with Gasteiger partial charge in [-0.05, 0) is 36.3 Å². The summed E-state index contributed by atoms with van der Waals surface area (Å²) in [6, 6.07) is 7.60. The Morgan fingerprint density at radius 1 is 1.36 bits per heavy atom. The zero-order valence-corrected chi connectivity index (χ0v) is 14.5. The van der Waals surface area contributed by atoms with Crippen LogP contribution in [0.2, 0.25) is 0 Å². The highest BCUT2D eigenvalue weighted by molar-refractivity contribution is 5.86. The third-order valence-electron chi connectivity index (χ3n) is 4.23. The maximum absolute atomic E-state index is 11.1. The van der Waals surface area contributed by atoms with Gasteiger partial charge in [0.1, 0.15) is 12.4 Å². The number of fused-ring (bicyclic) bond motifs is 1. The first-order valence-corrected chi connectivity index (χ1v) is 8.38. The standard InChI is InChI=1S/C20H22N2O3/c1-15-4-3-5-18-20(15)22(14-21-18)12-13-25-17-9-6-16(7-10-17)8-11-19(23)24-2/h3,5-11,14-15H,4,12-13H2,1-2H3/b11-8+. The molecule has 0 fully saturated rings. The number of rotatable bonds is 6. The Hall–Kier alpha value is -2.82. The van der Waals surface area contributed by atoms with Gasteiger partial charge in [-0.25, -0.2) is 9.78 Å². The van der Waals surface area contributed by atoms with Crippen LogP contribution in [-0.2, 0) is 16.1 Å². The molecule has 3 rings (SSSR count). The number of carbonyl (C=O) groups excluding carboxylic acids is 1. The summed E-state index contributed by atoms with van der Waals surface area (Å²) in [4.78, 5) is 15.5. The average Bonchev–Trinajstić information content (AvgIpc) is 3.05. The molecule has 1 unspecified atom stereocenters. The van der Waals surface area contributed by atoms with Crippen LogP contribution >= 0.6 is 0 Å². The lowest BCUT2D eigenvalue weighted by molar-refractivity contribution is -0.134. The summed E-state index contributed by atoms with van der Waals surface area (Å²) in [6.07, 6.45) is 10.3. The van der Waals surface area contributed by atoms with Gasteiger partial charge >= 0.3 is 5.97 Å². The molecule has 0 saturated heterocycles. The molecule has 25 heavy (non-hydrogen) atoms. The van der Waals surface area contributed by atoms with Crippen molar-refractivity contribution in [2.24, 2.45) is 0 Å². The van der Waals surface area contributed by atoms with Crippen LogP contribution in [0.15, 0.2) is 42.7 Å². The molecule has 5 nitrogen and oxygen atoms in total. The lowest BCUT2D eigenvalue weighted by atomic mass is 9.97. The van der Waals surface area contributed by atoms with Crippen molar-refractivity contribution in [1.29, 1.82) is 0 Å². The van der Waals surface area contributed by atoms with Gasteiger partial charge in [-0.3, -0.25) is 0 Å². The Balaban J connectivity index is 1.55. The van der Waals surface area contributed by atoms with Gasteiger partial charge in [-0.1, -0.05) is 25.1 Å². The smallest absolute Gasteiger partial charge is 0.330 e. The van der Waals surface area contributed by atoms with Crippen LogP contribution < -0.4 is 4.74 Å². The Kier molecular flexibility index (Phi) is 5.33. The molecule has 0 spiro atoms. The number of ether oxygens (including phenoxy) is 2. The molecular weight excluding hydrogens is 316 g/mol. The first-order chi connectivity index (χ1) is 12.2. The number of hydrogen-bond acceptors (Lipinski definition) is 4. The number of methoxy groups -OCH3 is 1. The van der Waals surface area contributed by atoms with E-state index in [4.69, 9.17) is 4.74 Å². The first kappa shape index (κ1) is 17.0. The molecule has 0 amide bonds. The van der Waals surface area contributed by atoms with Gasteiger partial charge in [0.2, 0.25) is 0 Å². The number of nitrogens with zero attached hydrogens (tertiary/aromatic N) is 2. The van der Waals surface area contributed by atoms with Crippen LogP contribution in [0.5, 0.6) is 5.75 Å². The molecule has 0 saturated carbocycles. The second-order valence-corrected chi connectivity index (χ2v) is 6.02. The molecule has 0 aliphatic heterocycles. The van der Waals surface area contributed by atoms with E-state index in [1.165, 1.54) is 18.9 Å². The zero-order valence-electron chi connectivity index (χ0n) is 14.5. The molecule has 0 bridgehead atoms. The SMILES string of the molecule is COC(=O)/C=C/c1ccc(OCCn2cnc3c2C(C)CC=C3)cc1. The Labute approximate surface area is 147 Å². The molecule has 1 aromatic carbocycles. The minimum absolute atomic E-state index is 0.368. The third-order valence-corrected chi connectivity index (χ3v) is 4.23. The molecule has 1 atom stereocenters. The van der Waals surface area contributed by atoms with Gasteiger partial charge in [0.25, 0.3) is 0 Å². The predicted molar refractivity (Wildman–Crippen MR) is 97.3 cm³/mol. The maximum atomic E-state index is 11.1. The molecule has 130 valence electrons. The Morgan fingerprint density at radius 3 is 2.92 bits per heavy atom. The van der Waals surface area contributed by atoms with Gasteiger partial charge in [-0.15, -0.1) is 0 Å². The van der Waals surface area contributed by atoms with E-state index in [0.29, 0.717) is 12.5 Å². The number of esters is 1. The van der Waals surface area contributed by atoms with Crippen LogP contribution in [0.25, 0.3) is 12.2 Å². The minimum Gasteiger partial charge on any atom is -0.492 e. The van der Waals surface area contributed by atoms with Gasteiger partial charge in [0, 0.05) is 17.7 Å². The quantitative estimate of drug-likeness (QED) is 0.596. The summed E-state index contributed by atoms with van der Waals surface area (Å²) in [5, 5.41) is 0. The number of carbonyl (C=O) groups is 1. The second kappa shape index (κ2) is 7.83. The summed E-state index contributed by atoms with van der Waals surface area (Å²) in [5.41, 5.74) is 3.27. The molecular formula is C20H22N2O3. The highest BCUT2D eigenvalue weighted by Gasteiger charge is 2.18. The van der Waals surface area contributed by atoms with E-state index >= 15 is 0 Å². The van der Waals surface area contributed by atoms with Crippen LogP contribution in [-0.4, -0.2) is 29.2 Å². The summed E-state index contributed by atoms with van der Waals surface area (Å²) >= 11 is 0. The van der Waals surface area contributed by atoms with E-state index in [1.54, 1.807) is 6.08 Å². The van der Waals surface area contributed by atoms with Crippen LogP contribution in [0.3, 0.4) is 0 Å². The van der Waals surface area contributed by atoms with Gasteiger partial charge < -0.3 is 14.0 Å². The van der Waals surface area contributed by atoms with Gasteiger partial charge in [0.05, 0.1) is 25.7 Å². The number of allylic oxidation sites excluding steroid dienone is 1. The molecule has 1 aromatic heterocycles. The Morgan fingerprint density at radius 2 is 2.16 bits per heavy atom. The first-order valence-electron chi connectivity index (χ1n) is 8.38. The van der Waals surface area contributed by atoms with E-state index in [1.807, 2.05) is 30.6 Å². The maximum Gasteiger partial charge on any atom is 0.330 e. The second-order valence-electron chi connectivity index (χ2n) is 6.02. The molecule has 2 aromatic rings. The van der Waals surface area contributed by atoms with Crippen molar-refractivity contribution in [2.45, 2.75) is 25.8 Å². The highest BCUT2D eigenvalue weighted by Crippen LogP contribution is 2.28. The number of hydrogen-bond donors (Lipinski definition) is 0. The van der Waals surface area contributed by atoms with E-state index in [0.717, 1.165) is 30.0 Å². The lowest BCUT2D eigenvalue weighted by Crippen LogP contribution is -2.13. The monoisotopic (exact) mass is 338 g/mol. The molecule has 5 heteroatoms. The summed E-state index contributed by atoms with van der Waals surface area (Å²) in [6.45, 7) is 3.57. The number of imidazole rings is 1. The molecule has 0 radical (unpaired) electrons.